The zero-order valence-electron chi connectivity index (χ0n) is 11.9. The summed E-state index contributed by atoms with van der Waals surface area (Å²) in [6.07, 6.45) is 0. The number of nitriles is 1. The van der Waals surface area contributed by atoms with Crippen LogP contribution in [0.15, 0.2) is 42.5 Å². The van der Waals surface area contributed by atoms with Crippen LogP contribution in [0.3, 0.4) is 0 Å². The first-order valence-corrected chi connectivity index (χ1v) is 8.78. The van der Waals surface area contributed by atoms with Crippen molar-refractivity contribution < 1.29 is 13.2 Å². The van der Waals surface area contributed by atoms with Gasteiger partial charge in [-0.2, -0.15) is 5.26 Å². The molecule has 0 N–H and O–H groups in total. The molecule has 4 nitrogen and oxygen atoms in total. The van der Waals surface area contributed by atoms with Gasteiger partial charge in [-0.25, -0.2) is 8.42 Å². The predicted octanol–water partition coefficient (Wildman–Crippen LogP) is 3.65. The number of hydrogen-bond acceptors (Lipinski definition) is 4. The van der Waals surface area contributed by atoms with Crippen molar-refractivity contribution >= 4 is 21.4 Å². The minimum absolute atomic E-state index is 0.0408. The van der Waals surface area contributed by atoms with Gasteiger partial charge in [-0.3, -0.25) is 0 Å². The molecule has 0 aromatic heterocycles. The fraction of sp³-hybridized carbons (Fsp3) is 0.188. The van der Waals surface area contributed by atoms with Crippen molar-refractivity contribution in [1.82, 2.24) is 0 Å². The van der Waals surface area contributed by atoms with Crippen LogP contribution in [0.4, 0.5) is 0 Å². The highest BCUT2D eigenvalue weighted by atomic mass is 35.5. The Labute approximate surface area is 134 Å². The molecule has 0 aliphatic heterocycles. The topological polar surface area (TPSA) is 67.2 Å². The Morgan fingerprint density at radius 2 is 1.86 bits per heavy atom. The Morgan fingerprint density at radius 3 is 2.45 bits per heavy atom. The highest BCUT2D eigenvalue weighted by Gasteiger charge is 2.09. The molecule has 0 amide bonds. The molecule has 0 bridgehead atoms. The summed E-state index contributed by atoms with van der Waals surface area (Å²) in [6, 6.07) is 14.0. The fourth-order valence-electron chi connectivity index (χ4n) is 1.82. The largest absolute Gasteiger partial charge is 0.478 e. The number of ether oxygens (including phenoxy) is 1. The molecule has 0 heterocycles. The van der Waals surface area contributed by atoms with Crippen molar-refractivity contribution in [3.05, 3.63) is 53.1 Å². The molecule has 0 radical (unpaired) electrons. The first-order valence-electron chi connectivity index (χ1n) is 6.58. The van der Waals surface area contributed by atoms with Gasteiger partial charge in [0.15, 0.2) is 15.8 Å². The van der Waals surface area contributed by atoms with Gasteiger partial charge < -0.3 is 4.74 Å². The van der Waals surface area contributed by atoms with E-state index in [1.165, 1.54) is 0 Å². The van der Waals surface area contributed by atoms with E-state index in [2.05, 4.69) is 6.07 Å². The molecule has 0 saturated heterocycles. The van der Waals surface area contributed by atoms with Gasteiger partial charge in [0.1, 0.15) is 5.75 Å². The zero-order chi connectivity index (χ0) is 16.2. The Morgan fingerprint density at radius 1 is 1.18 bits per heavy atom. The quantitative estimate of drug-likeness (QED) is 0.836. The van der Waals surface area contributed by atoms with Crippen LogP contribution in [0.1, 0.15) is 12.5 Å². The number of benzene rings is 2. The van der Waals surface area contributed by atoms with E-state index < -0.39 is 9.84 Å². The average molecular weight is 336 g/mol. The zero-order valence-corrected chi connectivity index (χ0v) is 13.5. The Bertz CT molecular complexity index is 808. The average Bonchev–Trinajstić information content (AvgIpc) is 2.53. The van der Waals surface area contributed by atoms with Crippen LogP contribution < -0.4 is 4.74 Å². The molecule has 2 rings (SSSR count). The molecule has 0 aliphatic rings. The van der Waals surface area contributed by atoms with E-state index >= 15 is 0 Å². The van der Waals surface area contributed by atoms with Crippen molar-refractivity contribution in [3.63, 3.8) is 0 Å². The van der Waals surface area contributed by atoms with Gasteiger partial charge in [-0.15, -0.1) is 0 Å². The van der Waals surface area contributed by atoms with E-state index in [1.54, 1.807) is 49.4 Å². The van der Waals surface area contributed by atoms with Crippen LogP contribution in [-0.4, -0.2) is 20.1 Å². The summed E-state index contributed by atoms with van der Waals surface area (Å²) in [5, 5.41) is 9.69. The van der Waals surface area contributed by atoms with Crippen molar-refractivity contribution in [2.45, 2.75) is 6.92 Å². The monoisotopic (exact) mass is 335 g/mol. The fourth-order valence-corrected chi connectivity index (χ4v) is 2.48. The molecule has 0 aliphatic carbocycles. The molecule has 114 valence electrons. The molecule has 0 spiro atoms. The van der Waals surface area contributed by atoms with Gasteiger partial charge in [-0.05, 0) is 35.9 Å². The highest BCUT2D eigenvalue weighted by Crippen LogP contribution is 2.28. The van der Waals surface area contributed by atoms with Crippen LogP contribution >= 0.6 is 11.6 Å². The van der Waals surface area contributed by atoms with Crippen molar-refractivity contribution in [2.75, 3.05) is 11.7 Å². The third-order valence-corrected chi connectivity index (χ3v) is 4.70. The molecule has 0 atom stereocenters. The second-order valence-corrected chi connectivity index (χ2v) is 7.36. The third-order valence-electron chi connectivity index (χ3n) is 3.11. The minimum Gasteiger partial charge on any atom is -0.478 e. The molecule has 0 fully saturated rings. The van der Waals surface area contributed by atoms with Gasteiger partial charge in [0.05, 0.1) is 17.4 Å². The standard InChI is InChI=1S/C16H14ClNO3S/c1-2-22(19,20)11-21-15-7-4-12(5-8-15)16-9-14(17)6-3-13(16)10-18/h3-9H,2,11H2,1H3. The number of hydrogen-bond donors (Lipinski definition) is 0. The Balaban J connectivity index is 2.23. The van der Waals surface area contributed by atoms with Gasteiger partial charge in [-0.1, -0.05) is 30.7 Å². The summed E-state index contributed by atoms with van der Waals surface area (Å²) in [7, 11) is -3.18. The molecular formula is C16H14ClNO3S. The van der Waals surface area contributed by atoms with Gasteiger partial charge in [0.25, 0.3) is 0 Å². The summed E-state index contributed by atoms with van der Waals surface area (Å²) in [5.41, 5.74) is 2.05. The van der Waals surface area contributed by atoms with E-state index in [1.807, 2.05) is 0 Å². The summed E-state index contributed by atoms with van der Waals surface area (Å²) in [5.74, 6) is 0.157. The lowest BCUT2D eigenvalue weighted by molar-refractivity contribution is 0.377. The van der Waals surface area contributed by atoms with Crippen molar-refractivity contribution in [2.24, 2.45) is 0 Å². The summed E-state index contributed by atoms with van der Waals surface area (Å²) in [4.78, 5) is 0. The van der Waals surface area contributed by atoms with E-state index in [4.69, 9.17) is 21.6 Å². The maximum atomic E-state index is 11.4. The van der Waals surface area contributed by atoms with Crippen LogP contribution in [-0.2, 0) is 9.84 Å². The molecule has 0 saturated carbocycles. The molecule has 2 aromatic carbocycles. The summed E-state index contributed by atoms with van der Waals surface area (Å²) >= 11 is 5.97. The van der Waals surface area contributed by atoms with Crippen molar-refractivity contribution in [1.29, 1.82) is 5.26 Å². The molecule has 6 heteroatoms. The molecule has 2 aromatic rings. The second-order valence-electron chi connectivity index (χ2n) is 4.62. The minimum atomic E-state index is -3.18. The van der Waals surface area contributed by atoms with Crippen molar-refractivity contribution in [3.8, 4) is 22.9 Å². The van der Waals surface area contributed by atoms with Gasteiger partial charge in [0.2, 0.25) is 0 Å². The third kappa shape index (κ3) is 4.00. The normalized spacial score (nSPS) is 11.0. The van der Waals surface area contributed by atoms with Crippen LogP contribution in [0.5, 0.6) is 5.75 Å². The number of rotatable bonds is 5. The summed E-state index contributed by atoms with van der Waals surface area (Å²) in [6.45, 7) is 1.57. The van der Waals surface area contributed by atoms with E-state index in [-0.39, 0.29) is 11.7 Å². The van der Waals surface area contributed by atoms with E-state index in [9.17, 15) is 8.42 Å². The summed E-state index contributed by atoms with van der Waals surface area (Å²) < 4.78 is 28.1. The first-order chi connectivity index (χ1) is 10.4. The van der Waals surface area contributed by atoms with E-state index in [0.29, 0.717) is 16.3 Å². The number of halogens is 1. The van der Waals surface area contributed by atoms with Gasteiger partial charge >= 0.3 is 0 Å². The highest BCUT2D eigenvalue weighted by molar-refractivity contribution is 7.91. The maximum absolute atomic E-state index is 11.4. The number of nitrogens with zero attached hydrogens (tertiary/aromatic N) is 1. The maximum Gasteiger partial charge on any atom is 0.189 e. The Hall–Kier alpha value is -2.03. The molecular weight excluding hydrogens is 322 g/mol. The smallest absolute Gasteiger partial charge is 0.189 e. The van der Waals surface area contributed by atoms with E-state index in [0.717, 1.165) is 11.1 Å². The Kier molecular flexibility index (Phi) is 5.07. The van der Waals surface area contributed by atoms with Crippen LogP contribution in [0.2, 0.25) is 5.02 Å². The van der Waals surface area contributed by atoms with Crippen LogP contribution in [0, 0.1) is 11.3 Å². The number of sulfone groups is 1. The van der Waals surface area contributed by atoms with Gasteiger partial charge in [0, 0.05) is 10.6 Å². The predicted molar refractivity (Wildman–Crippen MR) is 86.6 cm³/mol. The lowest BCUT2D eigenvalue weighted by atomic mass is 10.0. The molecule has 22 heavy (non-hydrogen) atoms. The molecule has 0 unspecified atom stereocenters. The van der Waals surface area contributed by atoms with Crippen LogP contribution in [0.25, 0.3) is 11.1 Å². The second kappa shape index (κ2) is 6.82. The lowest BCUT2D eigenvalue weighted by Gasteiger charge is -2.08. The lowest BCUT2D eigenvalue weighted by Crippen LogP contribution is -2.13. The SMILES string of the molecule is CCS(=O)(=O)COc1ccc(-c2cc(Cl)ccc2C#N)cc1. The first kappa shape index (κ1) is 16.3.